The van der Waals surface area contributed by atoms with Crippen molar-refractivity contribution in [3.8, 4) is 0 Å². The molecule has 0 saturated carbocycles. The van der Waals surface area contributed by atoms with Gasteiger partial charge in [0.15, 0.2) is 0 Å². The molecule has 0 N–H and O–H groups in total. The van der Waals surface area contributed by atoms with Gasteiger partial charge in [0.2, 0.25) is 0 Å². The van der Waals surface area contributed by atoms with Gasteiger partial charge < -0.3 is 0 Å². The van der Waals surface area contributed by atoms with E-state index in [1.807, 2.05) is 6.07 Å². The molecule has 0 fully saturated rings. The van der Waals surface area contributed by atoms with Crippen LogP contribution < -0.4 is 0 Å². The highest BCUT2D eigenvalue weighted by atomic mass is 32.3. The van der Waals surface area contributed by atoms with Crippen molar-refractivity contribution < 1.29 is 12.3 Å². The Hall–Kier alpha value is -1.49. The Morgan fingerprint density at radius 3 is 2.80 bits per heavy atom. The molecule has 5 heteroatoms. The van der Waals surface area contributed by atoms with Gasteiger partial charge in [-0.05, 0) is 17.7 Å². The second kappa shape index (κ2) is 3.58. The van der Waals surface area contributed by atoms with E-state index < -0.39 is 16.0 Å². The lowest BCUT2D eigenvalue weighted by atomic mass is 10.1. The van der Waals surface area contributed by atoms with Gasteiger partial charge >= 0.3 is 10.2 Å². The molecule has 0 saturated heterocycles. The average molecular weight is 225 g/mol. The molecular formula is C10H8FNO2S. The maximum atomic E-state index is 12.4. The first-order valence-corrected chi connectivity index (χ1v) is 5.86. The summed E-state index contributed by atoms with van der Waals surface area (Å²) in [4.78, 5) is 4.05. The largest absolute Gasteiger partial charge is 0.306 e. The van der Waals surface area contributed by atoms with Crippen molar-refractivity contribution in [1.82, 2.24) is 4.98 Å². The van der Waals surface area contributed by atoms with E-state index in [2.05, 4.69) is 4.98 Å². The number of halogens is 1. The Morgan fingerprint density at radius 2 is 2.07 bits per heavy atom. The summed E-state index contributed by atoms with van der Waals surface area (Å²) in [6, 6.07) is 8.53. The van der Waals surface area contributed by atoms with E-state index in [-0.39, 0.29) is 0 Å². The molecule has 0 aliphatic rings. The van der Waals surface area contributed by atoms with E-state index >= 15 is 0 Å². The zero-order valence-corrected chi connectivity index (χ0v) is 8.54. The molecule has 1 aromatic heterocycles. The van der Waals surface area contributed by atoms with Crippen LogP contribution in [-0.4, -0.2) is 13.4 Å². The number of rotatable bonds is 2. The molecule has 15 heavy (non-hydrogen) atoms. The molecule has 0 bridgehead atoms. The van der Waals surface area contributed by atoms with Crippen molar-refractivity contribution in [2.75, 3.05) is 0 Å². The maximum Gasteiger partial charge on any atom is 0.306 e. The Balaban J connectivity index is 2.48. The van der Waals surface area contributed by atoms with E-state index in [4.69, 9.17) is 0 Å². The van der Waals surface area contributed by atoms with Gasteiger partial charge in [0.05, 0.1) is 5.52 Å². The second-order valence-electron chi connectivity index (χ2n) is 3.21. The molecule has 0 aliphatic heterocycles. The minimum Gasteiger partial charge on any atom is -0.256 e. The third-order valence-corrected chi connectivity index (χ3v) is 2.69. The van der Waals surface area contributed by atoms with Gasteiger partial charge in [-0.2, -0.15) is 8.42 Å². The van der Waals surface area contributed by atoms with Gasteiger partial charge in [-0.15, -0.1) is 3.89 Å². The van der Waals surface area contributed by atoms with Gasteiger partial charge in [0.1, 0.15) is 5.75 Å². The molecule has 0 atom stereocenters. The van der Waals surface area contributed by atoms with Gasteiger partial charge in [0, 0.05) is 11.6 Å². The fourth-order valence-corrected chi connectivity index (χ4v) is 1.98. The molecular weight excluding hydrogens is 217 g/mol. The normalized spacial score (nSPS) is 11.8. The fourth-order valence-electron chi connectivity index (χ4n) is 1.40. The highest BCUT2D eigenvalue weighted by molar-refractivity contribution is 7.85. The molecule has 1 aromatic carbocycles. The zero-order valence-electron chi connectivity index (χ0n) is 7.72. The van der Waals surface area contributed by atoms with E-state index in [0.29, 0.717) is 11.1 Å². The third kappa shape index (κ3) is 2.50. The smallest absolute Gasteiger partial charge is 0.256 e. The number of hydrogen-bond acceptors (Lipinski definition) is 3. The van der Waals surface area contributed by atoms with Crippen LogP contribution in [0.4, 0.5) is 3.89 Å². The highest BCUT2D eigenvalue weighted by Crippen LogP contribution is 2.15. The summed E-state index contributed by atoms with van der Waals surface area (Å²) in [6.45, 7) is 0. The van der Waals surface area contributed by atoms with E-state index in [1.54, 1.807) is 30.5 Å². The first-order chi connectivity index (χ1) is 7.04. The molecule has 0 amide bonds. The first kappa shape index (κ1) is 10.0. The van der Waals surface area contributed by atoms with Crippen LogP contribution in [0.1, 0.15) is 5.56 Å². The molecule has 1 heterocycles. The Bertz CT molecular complexity index is 595. The summed E-state index contributed by atoms with van der Waals surface area (Å²) in [5, 5.41) is 0.900. The predicted octanol–water partition coefficient (Wildman–Crippen LogP) is 2.03. The summed E-state index contributed by atoms with van der Waals surface area (Å²) < 4.78 is 33.3. The maximum absolute atomic E-state index is 12.4. The Morgan fingerprint density at radius 1 is 1.27 bits per heavy atom. The van der Waals surface area contributed by atoms with Crippen molar-refractivity contribution in [1.29, 1.82) is 0 Å². The van der Waals surface area contributed by atoms with Crippen molar-refractivity contribution in [2.45, 2.75) is 5.75 Å². The SMILES string of the molecule is O=S(=O)(F)Cc1ccc2cccnc2c1. The molecule has 0 unspecified atom stereocenters. The Kier molecular flexibility index (Phi) is 2.40. The first-order valence-electron chi connectivity index (χ1n) is 4.31. The summed E-state index contributed by atoms with van der Waals surface area (Å²) in [5.74, 6) is -0.598. The lowest BCUT2D eigenvalue weighted by molar-refractivity contribution is 0.551. The average Bonchev–Trinajstić information content (AvgIpc) is 2.15. The second-order valence-corrected chi connectivity index (χ2v) is 4.58. The molecule has 3 nitrogen and oxygen atoms in total. The molecule has 0 aliphatic carbocycles. The predicted molar refractivity (Wildman–Crippen MR) is 55.5 cm³/mol. The number of pyridine rings is 1. The lowest BCUT2D eigenvalue weighted by Gasteiger charge is -1.99. The number of nitrogens with zero attached hydrogens (tertiary/aromatic N) is 1. The van der Waals surface area contributed by atoms with Crippen LogP contribution in [0.15, 0.2) is 36.5 Å². The quantitative estimate of drug-likeness (QED) is 0.735. The number of fused-ring (bicyclic) bond motifs is 1. The summed E-state index contributed by atoms with van der Waals surface area (Å²) in [5.41, 5.74) is 1.07. The number of benzene rings is 1. The van der Waals surface area contributed by atoms with E-state index in [0.717, 1.165) is 5.39 Å². The van der Waals surface area contributed by atoms with Crippen LogP contribution in [0.3, 0.4) is 0 Å². The number of aromatic nitrogens is 1. The van der Waals surface area contributed by atoms with Crippen LogP contribution >= 0.6 is 0 Å². The molecule has 2 aromatic rings. The molecule has 2 rings (SSSR count). The van der Waals surface area contributed by atoms with Crippen molar-refractivity contribution in [2.24, 2.45) is 0 Å². The van der Waals surface area contributed by atoms with Gasteiger partial charge in [0.25, 0.3) is 0 Å². The van der Waals surface area contributed by atoms with Crippen LogP contribution in [0.25, 0.3) is 10.9 Å². The van der Waals surface area contributed by atoms with Crippen LogP contribution in [0.5, 0.6) is 0 Å². The van der Waals surface area contributed by atoms with Gasteiger partial charge in [-0.1, -0.05) is 18.2 Å². The minimum atomic E-state index is -4.47. The van der Waals surface area contributed by atoms with Crippen molar-refractivity contribution >= 4 is 21.1 Å². The highest BCUT2D eigenvalue weighted by Gasteiger charge is 2.09. The monoisotopic (exact) mass is 225 g/mol. The minimum absolute atomic E-state index is 0.406. The van der Waals surface area contributed by atoms with Gasteiger partial charge in [-0.25, -0.2) is 0 Å². The third-order valence-electron chi connectivity index (χ3n) is 2.01. The van der Waals surface area contributed by atoms with Crippen LogP contribution in [-0.2, 0) is 16.0 Å². The van der Waals surface area contributed by atoms with Crippen molar-refractivity contribution in [3.05, 3.63) is 42.1 Å². The molecule has 0 radical (unpaired) electrons. The van der Waals surface area contributed by atoms with Gasteiger partial charge in [-0.3, -0.25) is 4.98 Å². The molecule has 0 spiro atoms. The lowest BCUT2D eigenvalue weighted by Crippen LogP contribution is -1.96. The zero-order chi connectivity index (χ0) is 10.9. The van der Waals surface area contributed by atoms with Crippen molar-refractivity contribution in [3.63, 3.8) is 0 Å². The standard InChI is InChI=1S/C10H8FNO2S/c11-15(13,14)7-8-3-4-9-2-1-5-12-10(9)6-8/h1-6H,7H2. The van der Waals surface area contributed by atoms with E-state index in [9.17, 15) is 12.3 Å². The van der Waals surface area contributed by atoms with Crippen LogP contribution in [0.2, 0.25) is 0 Å². The topological polar surface area (TPSA) is 47.0 Å². The fraction of sp³-hybridized carbons (Fsp3) is 0.100. The summed E-state index contributed by atoms with van der Waals surface area (Å²) in [7, 11) is -4.47. The summed E-state index contributed by atoms with van der Waals surface area (Å²) >= 11 is 0. The number of hydrogen-bond donors (Lipinski definition) is 0. The van der Waals surface area contributed by atoms with Crippen LogP contribution in [0, 0.1) is 0 Å². The van der Waals surface area contributed by atoms with E-state index in [1.165, 1.54) is 0 Å². The Labute approximate surface area is 86.8 Å². The molecule has 78 valence electrons. The summed E-state index contributed by atoms with van der Waals surface area (Å²) in [6.07, 6.45) is 1.61.